The summed E-state index contributed by atoms with van der Waals surface area (Å²) in [4.78, 5) is 0. The van der Waals surface area contributed by atoms with Crippen LogP contribution < -0.4 is 5.32 Å². The molecule has 4 unspecified atom stereocenters. The molecule has 0 aliphatic heterocycles. The number of hydrogen-bond acceptors (Lipinski definition) is 3. The Hall–Kier alpha value is -5.90. The molecule has 0 radical (unpaired) electrons. The molecule has 4 aliphatic rings. The van der Waals surface area contributed by atoms with Gasteiger partial charge in [-0.3, -0.25) is 0 Å². The third-order valence-corrected chi connectivity index (χ3v) is 12.9. The smallest absolute Gasteiger partial charge is 0.137 e. The van der Waals surface area contributed by atoms with Crippen LogP contribution >= 0.6 is 11.3 Å². The van der Waals surface area contributed by atoms with E-state index in [1.807, 2.05) is 11.3 Å². The topological polar surface area (TPSA) is 25.2 Å². The molecule has 53 heavy (non-hydrogen) atoms. The molecule has 254 valence electrons. The van der Waals surface area contributed by atoms with Crippen LogP contribution in [0.5, 0.6) is 0 Å². The van der Waals surface area contributed by atoms with Gasteiger partial charge < -0.3 is 9.73 Å². The van der Waals surface area contributed by atoms with E-state index in [2.05, 4.69) is 175 Å². The van der Waals surface area contributed by atoms with E-state index in [-0.39, 0.29) is 6.04 Å². The average Bonchev–Trinajstić information content (AvgIpc) is 3.79. The number of furan rings is 1. The summed E-state index contributed by atoms with van der Waals surface area (Å²) < 4.78 is 9.28. The lowest BCUT2D eigenvalue weighted by Gasteiger charge is -2.34. The normalized spacial score (nSPS) is 21.8. The first-order chi connectivity index (χ1) is 26.3. The molecule has 2 aromatic heterocycles. The first-order valence-corrected chi connectivity index (χ1v) is 19.6. The van der Waals surface area contributed by atoms with Crippen LogP contribution in [-0.2, 0) is 0 Å². The molecule has 0 saturated carbocycles. The standard InChI is InChI=1S/C50H37NOS/c1-2-15-35-33(12-1)29-42(39-18-4-3-17-38(35)39)32-14-9-13-31(28-32)37-20-10-23-45-49(37)50-44(22-11-24-46(50)52-45)51-43-21-7-5-16-36(43)34-26-27-41-40-19-6-8-25-47(40)53-48(41)30-34/h1-20,22-27,29-30,32-33,35,43,51H,21,28H2. The van der Waals surface area contributed by atoms with Gasteiger partial charge in [0.2, 0.25) is 0 Å². The third-order valence-electron chi connectivity index (χ3n) is 11.7. The van der Waals surface area contributed by atoms with Gasteiger partial charge in [-0.25, -0.2) is 0 Å². The highest BCUT2D eigenvalue weighted by Crippen LogP contribution is 2.48. The molecule has 2 nitrogen and oxygen atoms in total. The molecule has 3 heteroatoms. The highest BCUT2D eigenvalue weighted by Gasteiger charge is 2.31. The summed E-state index contributed by atoms with van der Waals surface area (Å²) in [7, 11) is 0. The minimum Gasteiger partial charge on any atom is -0.456 e. The van der Waals surface area contributed by atoms with Crippen molar-refractivity contribution in [2.45, 2.75) is 24.8 Å². The Morgan fingerprint density at radius 1 is 0.642 bits per heavy atom. The van der Waals surface area contributed by atoms with Gasteiger partial charge in [0.25, 0.3) is 0 Å². The lowest BCUT2D eigenvalue weighted by atomic mass is 9.70. The van der Waals surface area contributed by atoms with Crippen molar-refractivity contribution in [1.29, 1.82) is 0 Å². The molecule has 0 fully saturated rings. The first kappa shape index (κ1) is 30.7. The minimum absolute atomic E-state index is 0.126. The van der Waals surface area contributed by atoms with Crippen LogP contribution in [0.1, 0.15) is 41.0 Å². The van der Waals surface area contributed by atoms with E-state index in [1.165, 1.54) is 64.5 Å². The number of thiophene rings is 1. The minimum atomic E-state index is 0.126. The van der Waals surface area contributed by atoms with E-state index in [0.29, 0.717) is 17.8 Å². The van der Waals surface area contributed by atoms with Crippen LogP contribution in [0, 0.1) is 11.8 Å². The molecule has 2 heterocycles. The summed E-state index contributed by atoms with van der Waals surface area (Å²) in [6, 6.07) is 37.9. The summed E-state index contributed by atoms with van der Waals surface area (Å²) in [5.74, 6) is 1.10. The van der Waals surface area contributed by atoms with E-state index in [0.717, 1.165) is 35.1 Å². The predicted octanol–water partition coefficient (Wildman–Crippen LogP) is 13.7. The van der Waals surface area contributed by atoms with Crippen molar-refractivity contribution in [3.63, 3.8) is 0 Å². The van der Waals surface area contributed by atoms with Gasteiger partial charge in [-0.15, -0.1) is 11.3 Å². The van der Waals surface area contributed by atoms with Crippen molar-refractivity contribution < 1.29 is 4.42 Å². The number of anilines is 1. The second kappa shape index (κ2) is 12.4. The Morgan fingerprint density at radius 2 is 1.47 bits per heavy atom. The van der Waals surface area contributed by atoms with Crippen LogP contribution in [0.25, 0.3) is 58.8 Å². The molecule has 5 aromatic carbocycles. The number of nitrogens with one attached hydrogen (secondary N) is 1. The molecule has 0 amide bonds. The number of benzene rings is 5. The molecule has 0 spiro atoms. The predicted molar refractivity (Wildman–Crippen MR) is 226 cm³/mol. The fraction of sp³-hybridized carbons (Fsp3) is 0.120. The van der Waals surface area contributed by atoms with Crippen LogP contribution in [0.4, 0.5) is 5.69 Å². The van der Waals surface area contributed by atoms with E-state index >= 15 is 0 Å². The van der Waals surface area contributed by atoms with Crippen molar-refractivity contribution in [3.8, 4) is 0 Å². The Labute approximate surface area is 313 Å². The zero-order valence-electron chi connectivity index (χ0n) is 29.2. The largest absolute Gasteiger partial charge is 0.456 e. The molecular weight excluding hydrogens is 663 g/mol. The van der Waals surface area contributed by atoms with Crippen molar-refractivity contribution in [3.05, 3.63) is 192 Å². The summed E-state index contributed by atoms with van der Waals surface area (Å²) >= 11 is 1.88. The molecule has 0 saturated heterocycles. The van der Waals surface area contributed by atoms with Crippen molar-refractivity contribution >= 4 is 75.9 Å². The average molecular weight is 700 g/mol. The maximum absolute atomic E-state index is 6.61. The van der Waals surface area contributed by atoms with Crippen LogP contribution in [0.3, 0.4) is 0 Å². The van der Waals surface area contributed by atoms with Gasteiger partial charge in [0.15, 0.2) is 0 Å². The van der Waals surface area contributed by atoms with E-state index in [9.17, 15) is 0 Å². The third kappa shape index (κ3) is 5.06. The van der Waals surface area contributed by atoms with Crippen molar-refractivity contribution in [2.24, 2.45) is 11.8 Å². The number of hydrogen-bond donors (Lipinski definition) is 1. The Bertz CT molecular complexity index is 2850. The van der Waals surface area contributed by atoms with Gasteiger partial charge in [-0.2, -0.15) is 0 Å². The lowest BCUT2D eigenvalue weighted by Crippen LogP contribution is -2.22. The van der Waals surface area contributed by atoms with Gasteiger partial charge in [0.1, 0.15) is 11.2 Å². The summed E-state index contributed by atoms with van der Waals surface area (Å²) in [5, 5.41) is 9.03. The monoisotopic (exact) mass is 699 g/mol. The fourth-order valence-corrected chi connectivity index (χ4v) is 10.4. The highest BCUT2D eigenvalue weighted by atomic mass is 32.1. The quantitative estimate of drug-likeness (QED) is 0.193. The van der Waals surface area contributed by atoms with Crippen LogP contribution in [0.15, 0.2) is 174 Å². The SMILES string of the molecule is C1=CCC(Nc2cccc3oc4cccc(C5=CC=CC(C6=CC7C=CC=CC7c7ccccc76)C5)c4c23)C(c2ccc3c(c2)sc2ccccc23)=C1. The van der Waals surface area contributed by atoms with Crippen LogP contribution in [-0.4, -0.2) is 6.04 Å². The van der Waals surface area contributed by atoms with Crippen molar-refractivity contribution in [2.75, 3.05) is 5.32 Å². The second-order valence-electron chi connectivity index (χ2n) is 14.7. The Balaban J connectivity index is 0.958. The van der Waals surface area contributed by atoms with Gasteiger partial charge in [0.05, 0.1) is 11.4 Å². The zero-order chi connectivity index (χ0) is 34.9. The molecule has 7 aromatic rings. The second-order valence-corrected chi connectivity index (χ2v) is 15.8. The fourth-order valence-electron chi connectivity index (χ4n) is 9.27. The molecule has 4 aliphatic carbocycles. The molecule has 0 bridgehead atoms. The van der Waals surface area contributed by atoms with E-state index in [1.54, 1.807) is 0 Å². The molecular formula is C50H37NOS. The molecule has 1 N–H and O–H groups in total. The van der Waals surface area contributed by atoms with Crippen LogP contribution in [0.2, 0.25) is 0 Å². The maximum Gasteiger partial charge on any atom is 0.137 e. The highest BCUT2D eigenvalue weighted by molar-refractivity contribution is 7.25. The number of fused-ring (bicyclic) bond motifs is 9. The Kier molecular flexibility index (Phi) is 7.16. The molecule has 4 atom stereocenters. The maximum atomic E-state index is 6.61. The van der Waals surface area contributed by atoms with Gasteiger partial charge in [0, 0.05) is 49.0 Å². The van der Waals surface area contributed by atoms with E-state index < -0.39 is 0 Å². The molecule has 11 rings (SSSR count). The Morgan fingerprint density at radius 3 is 2.45 bits per heavy atom. The van der Waals surface area contributed by atoms with Crippen molar-refractivity contribution in [1.82, 2.24) is 0 Å². The first-order valence-electron chi connectivity index (χ1n) is 18.8. The van der Waals surface area contributed by atoms with E-state index in [4.69, 9.17) is 4.42 Å². The lowest BCUT2D eigenvalue weighted by molar-refractivity contribution is 0.669. The summed E-state index contributed by atoms with van der Waals surface area (Å²) in [5.41, 5.74) is 12.4. The zero-order valence-corrected chi connectivity index (χ0v) is 30.0. The van der Waals surface area contributed by atoms with Gasteiger partial charge in [-0.05, 0) is 82.1 Å². The van der Waals surface area contributed by atoms with Gasteiger partial charge in [-0.1, -0.05) is 140 Å². The summed E-state index contributed by atoms with van der Waals surface area (Å²) in [6.07, 6.45) is 27.3. The van der Waals surface area contributed by atoms with Gasteiger partial charge >= 0.3 is 0 Å². The summed E-state index contributed by atoms with van der Waals surface area (Å²) in [6.45, 7) is 0. The number of allylic oxidation sites excluding steroid dienone is 12. The number of rotatable bonds is 5.